The third kappa shape index (κ3) is 6.30. The quantitative estimate of drug-likeness (QED) is 0.557. The lowest BCUT2D eigenvalue weighted by molar-refractivity contribution is -0.157. The molecule has 0 bridgehead atoms. The number of carboxylic acid groups (broad SMARTS) is 1. The average Bonchev–Trinajstić information content (AvgIpc) is 2.49. The summed E-state index contributed by atoms with van der Waals surface area (Å²) in [6, 6.07) is -0.593. The van der Waals surface area contributed by atoms with Crippen molar-refractivity contribution >= 4 is 11.9 Å². The van der Waals surface area contributed by atoms with Crippen LogP contribution in [0.15, 0.2) is 30.9 Å². The van der Waals surface area contributed by atoms with Gasteiger partial charge in [-0.15, -0.1) is 0 Å². The minimum absolute atomic E-state index is 0.198. The van der Waals surface area contributed by atoms with Gasteiger partial charge in [-0.3, -0.25) is 4.79 Å². The highest BCUT2D eigenvalue weighted by molar-refractivity contribution is 5.99. The molecule has 0 aliphatic rings. The Balaban J connectivity index is 3.21. The summed E-state index contributed by atoms with van der Waals surface area (Å²) in [5.74, 6) is -3.81. The molecule has 0 fully saturated rings. The molecule has 1 rings (SSSR count). The van der Waals surface area contributed by atoms with Crippen LogP contribution in [0.5, 0.6) is 5.75 Å². The largest absolute Gasteiger partial charge is 0.489 e. The maximum absolute atomic E-state index is 12.8. The lowest BCUT2D eigenvalue weighted by Crippen LogP contribution is -2.43. The van der Waals surface area contributed by atoms with E-state index in [1.165, 1.54) is 6.08 Å². The molecule has 0 saturated carbocycles. The van der Waals surface area contributed by atoms with Crippen molar-refractivity contribution in [1.29, 1.82) is 0 Å². The molecular weight excluding hydrogens is 372 g/mol. The van der Waals surface area contributed by atoms with Crippen molar-refractivity contribution in [3.05, 3.63) is 42.0 Å². The van der Waals surface area contributed by atoms with Crippen LogP contribution in [0.4, 0.5) is 26.3 Å². The Morgan fingerprint density at radius 3 is 2.31 bits per heavy atom. The van der Waals surface area contributed by atoms with Crippen molar-refractivity contribution in [2.45, 2.75) is 24.8 Å². The monoisotopic (exact) mass is 385 g/mol. The summed E-state index contributed by atoms with van der Waals surface area (Å²) < 4.78 is 80.5. The van der Waals surface area contributed by atoms with Crippen molar-refractivity contribution in [2.75, 3.05) is 6.61 Å². The standard InChI is InChI=1S/C15H13F6NO4/c1-2-5-26-11-4-3-8(15(19,20)21)6-9(11)12(23)22-10(13(24)25)7-14(16,17)18/h2-4,6,10H,1,5,7H2,(H,22,23)(H,24,25). The maximum Gasteiger partial charge on any atom is 0.416 e. The number of benzene rings is 1. The molecule has 0 aromatic heterocycles. The first-order valence-corrected chi connectivity index (χ1v) is 6.90. The van der Waals surface area contributed by atoms with Crippen LogP contribution in [0.2, 0.25) is 0 Å². The second-order valence-electron chi connectivity index (χ2n) is 4.99. The third-order valence-electron chi connectivity index (χ3n) is 2.95. The first kappa shape index (κ1) is 21.3. The highest BCUT2D eigenvalue weighted by atomic mass is 19.4. The van der Waals surface area contributed by atoms with E-state index >= 15 is 0 Å². The van der Waals surface area contributed by atoms with Gasteiger partial charge in [0, 0.05) is 0 Å². The van der Waals surface area contributed by atoms with Crippen molar-refractivity contribution in [2.24, 2.45) is 0 Å². The van der Waals surface area contributed by atoms with Crippen LogP contribution in [0.3, 0.4) is 0 Å². The fourth-order valence-electron chi connectivity index (χ4n) is 1.83. The SMILES string of the molecule is C=CCOc1ccc(C(F)(F)F)cc1C(=O)NC(CC(F)(F)F)C(=O)O. The molecule has 0 spiro atoms. The number of alkyl halides is 6. The van der Waals surface area contributed by atoms with E-state index in [9.17, 15) is 35.9 Å². The van der Waals surface area contributed by atoms with E-state index in [2.05, 4.69) is 6.58 Å². The number of carboxylic acids is 1. The molecule has 1 aromatic rings. The molecule has 0 saturated heterocycles. The molecule has 1 aromatic carbocycles. The number of aliphatic carboxylic acids is 1. The Hall–Kier alpha value is -2.72. The molecule has 5 nitrogen and oxygen atoms in total. The van der Waals surface area contributed by atoms with E-state index in [1.54, 1.807) is 5.32 Å². The van der Waals surface area contributed by atoms with Crippen LogP contribution < -0.4 is 10.1 Å². The first-order valence-electron chi connectivity index (χ1n) is 6.90. The molecule has 2 N–H and O–H groups in total. The van der Waals surface area contributed by atoms with E-state index in [0.717, 1.165) is 6.07 Å². The molecule has 1 unspecified atom stereocenters. The number of carbonyl (C=O) groups is 2. The van der Waals surface area contributed by atoms with Gasteiger partial charge in [-0.25, -0.2) is 4.79 Å². The van der Waals surface area contributed by atoms with E-state index in [1.807, 2.05) is 0 Å². The normalized spacial score (nSPS) is 13.0. The predicted octanol–water partition coefficient (Wildman–Crippen LogP) is 3.41. The Morgan fingerprint density at radius 2 is 1.85 bits per heavy atom. The Kier molecular flexibility index (Phi) is 6.65. The van der Waals surface area contributed by atoms with Crippen molar-refractivity contribution in [1.82, 2.24) is 5.32 Å². The lowest BCUT2D eigenvalue weighted by atomic mass is 10.1. The third-order valence-corrected chi connectivity index (χ3v) is 2.95. The van der Waals surface area contributed by atoms with Gasteiger partial charge in [-0.05, 0) is 18.2 Å². The van der Waals surface area contributed by atoms with Gasteiger partial charge in [0.05, 0.1) is 17.5 Å². The van der Waals surface area contributed by atoms with Gasteiger partial charge < -0.3 is 15.2 Å². The Labute approximate surface area is 143 Å². The van der Waals surface area contributed by atoms with Gasteiger partial charge in [-0.1, -0.05) is 12.7 Å². The molecular formula is C15H13F6NO4. The van der Waals surface area contributed by atoms with E-state index < -0.39 is 47.8 Å². The number of hydrogen-bond acceptors (Lipinski definition) is 3. The van der Waals surface area contributed by atoms with Gasteiger partial charge in [0.25, 0.3) is 5.91 Å². The smallest absolute Gasteiger partial charge is 0.416 e. The second-order valence-corrected chi connectivity index (χ2v) is 4.99. The fraction of sp³-hybridized carbons (Fsp3) is 0.333. The van der Waals surface area contributed by atoms with E-state index in [0.29, 0.717) is 12.1 Å². The number of rotatable bonds is 7. The lowest BCUT2D eigenvalue weighted by Gasteiger charge is -2.18. The minimum atomic E-state index is -4.91. The average molecular weight is 385 g/mol. The van der Waals surface area contributed by atoms with Gasteiger partial charge in [-0.2, -0.15) is 26.3 Å². The number of carbonyl (C=O) groups excluding carboxylic acids is 1. The van der Waals surface area contributed by atoms with Crippen LogP contribution in [0.1, 0.15) is 22.3 Å². The van der Waals surface area contributed by atoms with Crippen molar-refractivity contribution in [3.8, 4) is 5.75 Å². The Morgan fingerprint density at radius 1 is 1.23 bits per heavy atom. The van der Waals surface area contributed by atoms with Crippen LogP contribution in [-0.4, -0.2) is 35.8 Å². The summed E-state index contributed by atoms with van der Waals surface area (Å²) in [4.78, 5) is 23.0. The summed E-state index contributed by atoms with van der Waals surface area (Å²) in [6.45, 7) is 3.11. The summed E-state index contributed by atoms with van der Waals surface area (Å²) in [5.41, 5.74) is -2.01. The Bertz CT molecular complexity index is 684. The van der Waals surface area contributed by atoms with Crippen LogP contribution in [-0.2, 0) is 11.0 Å². The zero-order valence-electron chi connectivity index (χ0n) is 12.9. The summed E-state index contributed by atoms with van der Waals surface area (Å²) >= 11 is 0. The fourth-order valence-corrected chi connectivity index (χ4v) is 1.83. The first-order chi connectivity index (χ1) is 11.8. The molecule has 26 heavy (non-hydrogen) atoms. The van der Waals surface area contributed by atoms with Gasteiger partial charge in [0.2, 0.25) is 0 Å². The molecule has 1 atom stereocenters. The summed E-state index contributed by atoms with van der Waals surface area (Å²) in [6.07, 6.45) is -10.4. The zero-order chi connectivity index (χ0) is 20.1. The highest BCUT2D eigenvalue weighted by Crippen LogP contribution is 2.33. The van der Waals surface area contributed by atoms with Gasteiger partial charge in [0.1, 0.15) is 18.4 Å². The number of ether oxygens (including phenoxy) is 1. The molecule has 0 heterocycles. The molecule has 144 valence electrons. The number of halogens is 6. The predicted molar refractivity (Wildman–Crippen MR) is 76.7 cm³/mol. The summed E-state index contributed by atoms with van der Waals surface area (Å²) in [5, 5.41) is 10.3. The molecule has 0 aliphatic carbocycles. The second kappa shape index (κ2) is 8.11. The number of hydrogen-bond donors (Lipinski definition) is 2. The van der Waals surface area contributed by atoms with E-state index in [-0.39, 0.29) is 12.4 Å². The molecule has 0 radical (unpaired) electrons. The molecule has 1 amide bonds. The minimum Gasteiger partial charge on any atom is -0.489 e. The van der Waals surface area contributed by atoms with Gasteiger partial charge in [0.15, 0.2) is 0 Å². The van der Waals surface area contributed by atoms with Crippen LogP contribution in [0.25, 0.3) is 0 Å². The topological polar surface area (TPSA) is 75.6 Å². The summed E-state index contributed by atoms with van der Waals surface area (Å²) in [7, 11) is 0. The van der Waals surface area contributed by atoms with Gasteiger partial charge >= 0.3 is 18.3 Å². The molecule has 11 heteroatoms. The highest BCUT2D eigenvalue weighted by Gasteiger charge is 2.37. The van der Waals surface area contributed by atoms with Crippen molar-refractivity contribution < 1.29 is 45.8 Å². The zero-order valence-corrected chi connectivity index (χ0v) is 12.9. The number of nitrogens with one attached hydrogen (secondary N) is 1. The van der Waals surface area contributed by atoms with Crippen LogP contribution in [0, 0.1) is 0 Å². The number of amides is 1. The van der Waals surface area contributed by atoms with Crippen LogP contribution >= 0.6 is 0 Å². The maximum atomic E-state index is 12.8. The molecule has 0 aliphatic heterocycles. The van der Waals surface area contributed by atoms with Crippen molar-refractivity contribution in [3.63, 3.8) is 0 Å². The van der Waals surface area contributed by atoms with E-state index in [4.69, 9.17) is 9.84 Å².